The number of benzene rings is 2. The zero-order chi connectivity index (χ0) is 19.7. The van der Waals surface area contributed by atoms with Crippen LogP contribution < -0.4 is 4.74 Å². The second-order valence-corrected chi connectivity index (χ2v) is 8.29. The molecular weight excluding hydrogens is 396 g/mol. The van der Waals surface area contributed by atoms with E-state index in [2.05, 4.69) is 4.98 Å². The van der Waals surface area contributed by atoms with Gasteiger partial charge in [0.1, 0.15) is 5.75 Å². The molecule has 2 heterocycles. The normalized spacial score (nSPS) is 11.6. The quantitative estimate of drug-likeness (QED) is 0.463. The van der Waals surface area contributed by atoms with Gasteiger partial charge in [-0.25, -0.2) is 17.4 Å². The van der Waals surface area contributed by atoms with Crippen LogP contribution in [0.3, 0.4) is 0 Å². The molecule has 0 radical (unpaired) electrons. The molecule has 0 bridgehead atoms. The highest BCUT2D eigenvalue weighted by atomic mass is 35.5. The molecule has 0 saturated carbocycles. The molecule has 0 saturated heterocycles. The molecule has 4 aromatic rings. The van der Waals surface area contributed by atoms with E-state index in [4.69, 9.17) is 16.3 Å². The molecule has 0 aliphatic rings. The minimum atomic E-state index is -3.87. The van der Waals surface area contributed by atoms with Crippen LogP contribution in [-0.4, -0.2) is 24.0 Å². The fourth-order valence-corrected chi connectivity index (χ4v) is 4.77. The number of pyridine rings is 1. The summed E-state index contributed by atoms with van der Waals surface area (Å²) in [5.74, 6) is 0.719. The second kappa shape index (κ2) is 7.30. The molecule has 142 valence electrons. The number of aromatic nitrogens is 2. The van der Waals surface area contributed by atoms with Gasteiger partial charge in [0, 0.05) is 11.6 Å². The van der Waals surface area contributed by atoms with E-state index in [-0.39, 0.29) is 4.90 Å². The molecule has 5 nitrogen and oxygen atoms in total. The number of halogens is 1. The molecule has 2 aromatic heterocycles. The molecule has 0 N–H and O–H groups in total. The van der Waals surface area contributed by atoms with E-state index in [0.29, 0.717) is 28.4 Å². The van der Waals surface area contributed by atoms with Gasteiger partial charge in [0.05, 0.1) is 22.2 Å². The van der Waals surface area contributed by atoms with Crippen LogP contribution >= 0.6 is 11.6 Å². The Bertz CT molecular complexity index is 1230. The summed E-state index contributed by atoms with van der Waals surface area (Å²) in [4.78, 5) is 4.48. The van der Waals surface area contributed by atoms with Crippen molar-refractivity contribution in [3.8, 4) is 17.0 Å². The maximum Gasteiger partial charge on any atom is 0.269 e. The Morgan fingerprint density at radius 2 is 1.75 bits per heavy atom. The molecule has 2 aromatic carbocycles. The summed E-state index contributed by atoms with van der Waals surface area (Å²) in [7, 11) is -3.87. The van der Waals surface area contributed by atoms with E-state index in [9.17, 15) is 8.42 Å². The van der Waals surface area contributed by atoms with Crippen LogP contribution in [0.4, 0.5) is 0 Å². The third-order valence-electron chi connectivity index (χ3n) is 4.35. The van der Waals surface area contributed by atoms with Gasteiger partial charge in [-0.1, -0.05) is 29.8 Å². The Kier molecular flexibility index (Phi) is 4.83. The Labute approximate surface area is 168 Å². The first-order valence-corrected chi connectivity index (χ1v) is 10.5. The molecule has 0 aliphatic carbocycles. The van der Waals surface area contributed by atoms with Crippen molar-refractivity contribution in [2.75, 3.05) is 6.61 Å². The summed E-state index contributed by atoms with van der Waals surface area (Å²) in [5.41, 5.74) is 1.50. The Morgan fingerprint density at radius 1 is 1.04 bits per heavy atom. The Hall–Kier alpha value is -2.83. The van der Waals surface area contributed by atoms with Crippen molar-refractivity contribution >= 4 is 32.7 Å². The summed E-state index contributed by atoms with van der Waals surface area (Å²) in [6.45, 7) is 2.47. The smallest absolute Gasteiger partial charge is 0.269 e. The predicted octanol–water partition coefficient (Wildman–Crippen LogP) is 4.99. The Balaban J connectivity index is 1.99. The third kappa shape index (κ3) is 3.15. The summed E-state index contributed by atoms with van der Waals surface area (Å²) in [5, 5.41) is 1.02. The van der Waals surface area contributed by atoms with E-state index >= 15 is 0 Å². The van der Waals surface area contributed by atoms with Crippen molar-refractivity contribution in [1.29, 1.82) is 0 Å². The van der Waals surface area contributed by atoms with Gasteiger partial charge in [0.2, 0.25) is 0 Å². The standard InChI is InChI=1S/C21H17ClN2O3S/c1-2-27-16-10-8-15(9-11-16)20-14-18-19(22)12-13-23-21(18)24(20)28(25,26)17-6-4-3-5-7-17/h3-14H,2H2,1H3. The first-order valence-electron chi connectivity index (χ1n) is 8.72. The van der Waals surface area contributed by atoms with Crippen LogP contribution in [0.25, 0.3) is 22.3 Å². The highest BCUT2D eigenvalue weighted by Gasteiger charge is 2.25. The SMILES string of the molecule is CCOc1ccc(-c2cc3c(Cl)ccnc3n2S(=O)(=O)c2ccccc2)cc1. The van der Waals surface area contributed by atoms with Crippen LogP contribution in [0.1, 0.15) is 6.92 Å². The van der Waals surface area contributed by atoms with Crippen molar-refractivity contribution in [3.05, 3.63) is 77.9 Å². The van der Waals surface area contributed by atoms with Gasteiger partial charge in [-0.2, -0.15) is 0 Å². The van der Waals surface area contributed by atoms with Gasteiger partial charge in [-0.3, -0.25) is 0 Å². The van der Waals surface area contributed by atoms with Gasteiger partial charge < -0.3 is 4.74 Å². The molecule has 0 aliphatic heterocycles. The van der Waals surface area contributed by atoms with Gasteiger partial charge in [0.15, 0.2) is 5.65 Å². The highest BCUT2D eigenvalue weighted by molar-refractivity contribution is 7.90. The van der Waals surface area contributed by atoms with Gasteiger partial charge in [-0.05, 0) is 61.0 Å². The van der Waals surface area contributed by atoms with Crippen molar-refractivity contribution in [3.63, 3.8) is 0 Å². The van der Waals surface area contributed by atoms with Crippen molar-refractivity contribution < 1.29 is 13.2 Å². The number of rotatable bonds is 5. The molecule has 0 fully saturated rings. The third-order valence-corrected chi connectivity index (χ3v) is 6.40. The van der Waals surface area contributed by atoms with Gasteiger partial charge >= 0.3 is 0 Å². The lowest BCUT2D eigenvalue weighted by atomic mass is 10.1. The van der Waals surface area contributed by atoms with E-state index in [1.807, 2.05) is 31.2 Å². The van der Waals surface area contributed by atoms with E-state index < -0.39 is 10.0 Å². The maximum absolute atomic E-state index is 13.4. The maximum atomic E-state index is 13.4. The molecule has 7 heteroatoms. The van der Waals surface area contributed by atoms with E-state index in [1.54, 1.807) is 42.5 Å². The monoisotopic (exact) mass is 412 g/mol. The summed E-state index contributed by atoms with van der Waals surface area (Å²) in [6, 6.07) is 18.9. The first kappa shape index (κ1) is 18.5. The van der Waals surface area contributed by atoms with Crippen molar-refractivity contribution in [2.45, 2.75) is 11.8 Å². The number of fused-ring (bicyclic) bond motifs is 1. The molecule has 0 atom stereocenters. The molecule has 28 heavy (non-hydrogen) atoms. The van der Waals surface area contributed by atoms with Crippen molar-refractivity contribution in [1.82, 2.24) is 8.96 Å². The summed E-state index contributed by atoms with van der Waals surface area (Å²) in [6.07, 6.45) is 1.50. The van der Waals surface area contributed by atoms with Crippen LogP contribution in [0.2, 0.25) is 5.02 Å². The van der Waals surface area contributed by atoms with Crippen LogP contribution in [0.5, 0.6) is 5.75 Å². The molecular formula is C21H17ClN2O3S. The molecule has 0 unspecified atom stereocenters. The zero-order valence-corrected chi connectivity index (χ0v) is 16.6. The lowest BCUT2D eigenvalue weighted by Gasteiger charge is -2.12. The minimum Gasteiger partial charge on any atom is -0.494 e. The highest BCUT2D eigenvalue weighted by Crippen LogP contribution is 2.34. The average molecular weight is 413 g/mol. The average Bonchev–Trinajstić information content (AvgIpc) is 3.11. The number of hydrogen-bond donors (Lipinski definition) is 0. The van der Waals surface area contributed by atoms with Crippen LogP contribution in [0, 0.1) is 0 Å². The lowest BCUT2D eigenvalue weighted by Crippen LogP contribution is -2.14. The number of hydrogen-bond acceptors (Lipinski definition) is 4. The number of ether oxygens (including phenoxy) is 1. The minimum absolute atomic E-state index is 0.182. The van der Waals surface area contributed by atoms with Gasteiger partial charge in [-0.15, -0.1) is 0 Å². The second-order valence-electron chi connectivity index (χ2n) is 6.10. The zero-order valence-electron chi connectivity index (χ0n) is 15.0. The van der Waals surface area contributed by atoms with Crippen LogP contribution in [0.15, 0.2) is 77.8 Å². The van der Waals surface area contributed by atoms with Gasteiger partial charge in [0.25, 0.3) is 10.0 Å². The predicted molar refractivity (Wildman–Crippen MR) is 110 cm³/mol. The number of nitrogens with zero attached hydrogens (tertiary/aromatic N) is 2. The molecule has 0 amide bonds. The fourth-order valence-electron chi connectivity index (χ4n) is 3.07. The fraction of sp³-hybridized carbons (Fsp3) is 0.0952. The summed E-state index contributed by atoms with van der Waals surface area (Å²) >= 11 is 6.32. The lowest BCUT2D eigenvalue weighted by molar-refractivity contribution is 0.340. The van der Waals surface area contributed by atoms with E-state index in [1.165, 1.54) is 10.2 Å². The topological polar surface area (TPSA) is 61.2 Å². The largest absolute Gasteiger partial charge is 0.494 e. The molecule has 4 rings (SSSR count). The van der Waals surface area contributed by atoms with Crippen molar-refractivity contribution in [2.24, 2.45) is 0 Å². The first-order chi connectivity index (χ1) is 13.5. The van der Waals surface area contributed by atoms with E-state index in [0.717, 1.165) is 11.3 Å². The molecule has 0 spiro atoms. The Morgan fingerprint density at radius 3 is 2.43 bits per heavy atom. The van der Waals surface area contributed by atoms with Crippen LogP contribution in [-0.2, 0) is 10.0 Å². The summed E-state index contributed by atoms with van der Waals surface area (Å²) < 4.78 is 33.6.